The van der Waals surface area contributed by atoms with Gasteiger partial charge in [0.25, 0.3) is 5.91 Å². The molecule has 2 aromatic rings. The van der Waals surface area contributed by atoms with Crippen LogP contribution in [0.3, 0.4) is 0 Å². The summed E-state index contributed by atoms with van der Waals surface area (Å²) in [5.74, 6) is 0.111. The van der Waals surface area contributed by atoms with E-state index in [2.05, 4.69) is 23.7 Å². The standard InChI is InChI=1S/C21H27N3O2/c1-14(2)24-15(3)11-19(16(24)4)21(26)22-18-8-5-7-17(12-18)13-23-10-6-9-20(23)25/h5,7-8,11-12,14H,6,9-10,13H2,1-4H3,(H,22,26). The van der Waals surface area contributed by atoms with Gasteiger partial charge in [-0.25, -0.2) is 0 Å². The maximum Gasteiger partial charge on any atom is 0.257 e. The molecule has 0 atom stereocenters. The summed E-state index contributed by atoms with van der Waals surface area (Å²) in [7, 11) is 0. The second-order valence-corrected chi connectivity index (χ2v) is 7.32. The molecule has 1 aromatic heterocycles. The summed E-state index contributed by atoms with van der Waals surface area (Å²) in [6, 6.07) is 10.0. The van der Waals surface area contributed by atoms with Crippen LogP contribution in [0.1, 0.15) is 60.0 Å². The van der Waals surface area contributed by atoms with E-state index in [4.69, 9.17) is 0 Å². The molecule has 138 valence electrons. The largest absolute Gasteiger partial charge is 0.346 e. The third kappa shape index (κ3) is 3.66. The molecule has 0 unspecified atom stereocenters. The summed E-state index contributed by atoms with van der Waals surface area (Å²) in [4.78, 5) is 26.4. The van der Waals surface area contributed by atoms with Gasteiger partial charge >= 0.3 is 0 Å². The van der Waals surface area contributed by atoms with Gasteiger partial charge in [0.05, 0.1) is 5.56 Å². The molecule has 0 aliphatic carbocycles. The lowest BCUT2D eigenvalue weighted by Crippen LogP contribution is -2.23. The molecule has 1 aromatic carbocycles. The third-order valence-electron chi connectivity index (χ3n) is 4.98. The zero-order valence-electron chi connectivity index (χ0n) is 16.0. The summed E-state index contributed by atoms with van der Waals surface area (Å²) in [5.41, 5.74) is 4.56. The van der Waals surface area contributed by atoms with Crippen LogP contribution in [0.25, 0.3) is 0 Å². The number of likely N-dealkylation sites (tertiary alicyclic amines) is 1. The van der Waals surface area contributed by atoms with Gasteiger partial charge in [-0.05, 0) is 57.9 Å². The maximum atomic E-state index is 12.7. The number of nitrogens with zero attached hydrogens (tertiary/aromatic N) is 2. The van der Waals surface area contributed by atoms with Crippen molar-refractivity contribution in [2.24, 2.45) is 0 Å². The molecule has 0 spiro atoms. The monoisotopic (exact) mass is 353 g/mol. The van der Waals surface area contributed by atoms with Crippen molar-refractivity contribution < 1.29 is 9.59 Å². The highest BCUT2D eigenvalue weighted by Crippen LogP contribution is 2.22. The summed E-state index contributed by atoms with van der Waals surface area (Å²) in [6.07, 6.45) is 1.57. The Bertz CT molecular complexity index is 836. The van der Waals surface area contributed by atoms with E-state index < -0.39 is 0 Å². The molecule has 2 amide bonds. The van der Waals surface area contributed by atoms with Crippen LogP contribution in [0.2, 0.25) is 0 Å². The topological polar surface area (TPSA) is 54.3 Å². The van der Waals surface area contributed by atoms with Gasteiger partial charge in [0.2, 0.25) is 5.91 Å². The quantitative estimate of drug-likeness (QED) is 0.881. The van der Waals surface area contributed by atoms with Crippen molar-refractivity contribution in [3.8, 4) is 0 Å². The second kappa shape index (κ2) is 7.36. The van der Waals surface area contributed by atoms with Gasteiger partial charge in [-0.3, -0.25) is 9.59 Å². The van der Waals surface area contributed by atoms with Crippen LogP contribution >= 0.6 is 0 Å². The van der Waals surface area contributed by atoms with Crippen molar-refractivity contribution >= 4 is 17.5 Å². The Morgan fingerprint density at radius 1 is 1.23 bits per heavy atom. The number of carbonyl (C=O) groups is 2. The van der Waals surface area contributed by atoms with E-state index in [-0.39, 0.29) is 11.8 Å². The Morgan fingerprint density at radius 3 is 2.62 bits per heavy atom. The van der Waals surface area contributed by atoms with Gasteiger partial charge in [-0.15, -0.1) is 0 Å². The fraction of sp³-hybridized carbons (Fsp3) is 0.429. The minimum atomic E-state index is -0.0978. The van der Waals surface area contributed by atoms with Gasteiger partial charge < -0.3 is 14.8 Å². The zero-order chi connectivity index (χ0) is 18.8. The molecule has 1 fully saturated rings. The van der Waals surface area contributed by atoms with Gasteiger partial charge in [-0.1, -0.05) is 12.1 Å². The number of aryl methyl sites for hydroxylation is 1. The first-order valence-corrected chi connectivity index (χ1v) is 9.23. The molecule has 1 N–H and O–H groups in total. The highest BCUT2D eigenvalue weighted by Gasteiger charge is 2.20. The number of carbonyl (C=O) groups excluding carboxylic acids is 2. The summed E-state index contributed by atoms with van der Waals surface area (Å²) in [5, 5.41) is 3.00. The van der Waals surface area contributed by atoms with E-state index in [1.54, 1.807) is 0 Å². The van der Waals surface area contributed by atoms with Crippen LogP contribution in [0.15, 0.2) is 30.3 Å². The number of amides is 2. The van der Waals surface area contributed by atoms with E-state index in [0.29, 0.717) is 24.6 Å². The number of anilines is 1. The van der Waals surface area contributed by atoms with Crippen molar-refractivity contribution in [3.63, 3.8) is 0 Å². The molecule has 1 aliphatic heterocycles. The molecule has 0 saturated carbocycles. The number of hydrogen-bond donors (Lipinski definition) is 1. The Balaban J connectivity index is 1.75. The van der Waals surface area contributed by atoms with Gasteiger partial charge in [0.15, 0.2) is 0 Å². The molecule has 0 radical (unpaired) electrons. The van der Waals surface area contributed by atoms with E-state index >= 15 is 0 Å². The summed E-state index contributed by atoms with van der Waals surface area (Å²) < 4.78 is 2.17. The average Bonchev–Trinajstić information content (AvgIpc) is 3.10. The molecule has 5 heteroatoms. The van der Waals surface area contributed by atoms with Crippen LogP contribution in [-0.4, -0.2) is 27.8 Å². The normalized spacial score (nSPS) is 14.3. The van der Waals surface area contributed by atoms with Crippen molar-refractivity contribution in [2.45, 2.75) is 53.1 Å². The minimum Gasteiger partial charge on any atom is -0.346 e. The van der Waals surface area contributed by atoms with Crippen LogP contribution in [0.4, 0.5) is 5.69 Å². The number of benzene rings is 1. The number of nitrogens with one attached hydrogen (secondary N) is 1. The van der Waals surface area contributed by atoms with E-state index in [0.717, 1.165) is 35.6 Å². The number of hydrogen-bond acceptors (Lipinski definition) is 2. The van der Waals surface area contributed by atoms with Crippen molar-refractivity contribution in [1.82, 2.24) is 9.47 Å². The molecule has 5 nitrogen and oxygen atoms in total. The van der Waals surface area contributed by atoms with Gasteiger partial charge in [-0.2, -0.15) is 0 Å². The first kappa shape index (κ1) is 18.2. The predicted octanol–water partition coefficient (Wildman–Crippen LogP) is 4.06. The van der Waals surface area contributed by atoms with Gasteiger partial charge in [0, 0.05) is 42.6 Å². The Morgan fingerprint density at radius 2 is 2.00 bits per heavy atom. The van der Waals surface area contributed by atoms with Crippen LogP contribution in [0, 0.1) is 13.8 Å². The van der Waals surface area contributed by atoms with Crippen LogP contribution in [0.5, 0.6) is 0 Å². The number of aromatic nitrogens is 1. The Kier molecular flexibility index (Phi) is 5.16. The molecule has 3 rings (SSSR count). The average molecular weight is 353 g/mol. The highest BCUT2D eigenvalue weighted by atomic mass is 16.2. The molecular formula is C21H27N3O2. The zero-order valence-corrected chi connectivity index (χ0v) is 16.0. The van der Waals surface area contributed by atoms with E-state index in [9.17, 15) is 9.59 Å². The third-order valence-corrected chi connectivity index (χ3v) is 4.98. The highest BCUT2D eigenvalue weighted by molar-refractivity contribution is 6.05. The Labute approximate surface area is 155 Å². The summed E-state index contributed by atoms with van der Waals surface area (Å²) in [6.45, 7) is 9.66. The maximum absolute atomic E-state index is 12.7. The predicted molar refractivity (Wildman–Crippen MR) is 103 cm³/mol. The van der Waals surface area contributed by atoms with E-state index in [1.165, 1.54) is 0 Å². The molecule has 26 heavy (non-hydrogen) atoms. The lowest BCUT2D eigenvalue weighted by Gasteiger charge is -2.16. The first-order valence-electron chi connectivity index (χ1n) is 9.23. The SMILES string of the molecule is Cc1cc(C(=O)Nc2cccc(CN3CCCC3=O)c2)c(C)n1C(C)C. The van der Waals surface area contributed by atoms with Crippen LogP contribution in [-0.2, 0) is 11.3 Å². The molecular weight excluding hydrogens is 326 g/mol. The molecule has 1 saturated heterocycles. The lowest BCUT2D eigenvalue weighted by atomic mass is 10.1. The van der Waals surface area contributed by atoms with Crippen molar-refractivity contribution in [1.29, 1.82) is 0 Å². The van der Waals surface area contributed by atoms with Crippen molar-refractivity contribution in [2.75, 3.05) is 11.9 Å². The summed E-state index contributed by atoms with van der Waals surface area (Å²) >= 11 is 0. The van der Waals surface area contributed by atoms with Crippen LogP contribution < -0.4 is 5.32 Å². The smallest absolute Gasteiger partial charge is 0.257 e. The molecule has 1 aliphatic rings. The molecule has 0 bridgehead atoms. The first-order chi connectivity index (χ1) is 12.4. The Hall–Kier alpha value is -2.56. The number of rotatable bonds is 5. The lowest BCUT2D eigenvalue weighted by molar-refractivity contribution is -0.128. The second-order valence-electron chi connectivity index (χ2n) is 7.32. The van der Waals surface area contributed by atoms with Crippen molar-refractivity contribution in [3.05, 3.63) is 52.8 Å². The molecule has 2 heterocycles. The van der Waals surface area contributed by atoms with Gasteiger partial charge in [0.1, 0.15) is 0 Å². The fourth-order valence-electron chi connectivity index (χ4n) is 3.84. The minimum absolute atomic E-state index is 0.0978. The fourth-order valence-corrected chi connectivity index (χ4v) is 3.84. The van der Waals surface area contributed by atoms with E-state index in [1.807, 2.05) is 49.1 Å².